The molecule has 1 unspecified atom stereocenters. The van der Waals surface area contributed by atoms with E-state index in [0.29, 0.717) is 39.4 Å². The minimum absolute atomic E-state index is 0.337. The fraction of sp³-hybridized carbons (Fsp3) is 0.130. The Labute approximate surface area is 168 Å². The summed E-state index contributed by atoms with van der Waals surface area (Å²) >= 11 is 6.24. The molecule has 140 valence electrons. The maximum absolute atomic E-state index is 13.0. The highest BCUT2D eigenvalue weighted by Gasteiger charge is 2.41. The van der Waals surface area contributed by atoms with Crippen LogP contribution in [0.5, 0.6) is 0 Å². The Kier molecular flexibility index (Phi) is 4.53. The van der Waals surface area contributed by atoms with Gasteiger partial charge in [-0.2, -0.15) is 0 Å². The minimum atomic E-state index is -1.41. The van der Waals surface area contributed by atoms with E-state index in [1.807, 2.05) is 37.3 Å². The normalized spacial score (nSPS) is 15.5. The number of carbonyl (C=O) groups excluding carboxylic acids is 2. The number of carbonyl (C=O) groups is 2. The third-order valence-electron chi connectivity index (χ3n) is 5.20. The van der Waals surface area contributed by atoms with Gasteiger partial charge >= 0.3 is 0 Å². The van der Waals surface area contributed by atoms with E-state index < -0.39 is 17.4 Å². The fourth-order valence-corrected chi connectivity index (χ4v) is 3.88. The Morgan fingerprint density at radius 3 is 2.04 bits per heavy atom. The highest BCUT2D eigenvalue weighted by Crippen LogP contribution is 2.42. The predicted molar refractivity (Wildman–Crippen MR) is 109 cm³/mol. The Hall–Kier alpha value is -2.95. The summed E-state index contributed by atoms with van der Waals surface area (Å²) in [5, 5.41) is 12.0. The summed E-state index contributed by atoms with van der Waals surface area (Å²) in [4.78, 5) is 27.1. The minimum Gasteiger partial charge on any atom is -0.380 e. The van der Waals surface area contributed by atoms with Crippen LogP contribution in [0.2, 0.25) is 5.02 Å². The summed E-state index contributed by atoms with van der Waals surface area (Å²) in [5.41, 5.74) is 0.725. The first-order valence-corrected chi connectivity index (χ1v) is 9.41. The molecule has 1 aliphatic heterocycles. The van der Waals surface area contributed by atoms with Crippen LogP contribution in [0.4, 0.5) is 5.69 Å². The molecule has 1 N–H and O–H groups in total. The number of fused-ring (bicyclic) bond motifs is 1. The van der Waals surface area contributed by atoms with Crippen LogP contribution < -0.4 is 4.90 Å². The average Bonchev–Trinajstić information content (AvgIpc) is 2.99. The number of imide groups is 1. The molecule has 0 spiro atoms. The standard InChI is InChI=1S/C23H18ClNO3/c1-2-23(28,15-8-4-3-5-9-15)19-14-16(24)12-13-20(19)25-21(26)17-10-6-7-11-18(17)22(25)27/h3-14,28H,2H2,1H3. The molecule has 0 aromatic heterocycles. The molecule has 4 nitrogen and oxygen atoms in total. The zero-order valence-corrected chi connectivity index (χ0v) is 16.0. The molecule has 2 amide bonds. The van der Waals surface area contributed by atoms with Crippen molar-refractivity contribution < 1.29 is 14.7 Å². The molecule has 3 aromatic rings. The summed E-state index contributed by atoms with van der Waals surface area (Å²) in [6.45, 7) is 1.85. The molecule has 0 radical (unpaired) electrons. The van der Waals surface area contributed by atoms with Gasteiger partial charge in [0, 0.05) is 10.6 Å². The van der Waals surface area contributed by atoms with E-state index in [-0.39, 0.29) is 0 Å². The molecular formula is C23H18ClNO3. The van der Waals surface area contributed by atoms with Crippen LogP contribution in [0.25, 0.3) is 0 Å². The van der Waals surface area contributed by atoms with Crippen LogP contribution in [-0.2, 0) is 5.60 Å². The van der Waals surface area contributed by atoms with Crippen molar-refractivity contribution in [3.63, 3.8) is 0 Å². The quantitative estimate of drug-likeness (QED) is 0.651. The molecule has 4 rings (SSSR count). The van der Waals surface area contributed by atoms with Gasteiger partial charge in [-0.1, -0.05) is 61.0 Å². The van der Waals surface area contributed by atoms with Crippen LogP contribution in [0, 0.1) is 0 Å². The number of hydrogen-bond donors (Lipinski definition) is 1. The molecule has 0 bridgehead atoms. The van der Waals surface area contributed by atoms with Gasteiger partial charge in [-0.05, 0) is 42.3 Å². The molecule has 5 heteroatoms. The highest BCUT2D eigenvalue weighted by molar-refractivity contribution is 6.35. The molecule has 0 aliphatic carbocycles. The van der Waals surface area contributed by atoms with Crippen molar-refractivity contribution in [3.05, 3.63) is 100 Å². The first kappa shape index (κ1) is 18.4. The lowest BCUT2D eigenvalue weighted by atomic mass is 9.83. The van der Waals surface area contributed by atoms with Gasteiger partial charge in [0.15, 0.2) is 0 Å². The molecule has 3 aromatic carbocycles. The third kappa shape index (κ3) is 2.73. The largest absolute Gasteiger partial charge is 0.380 e. The number of benzene rings is 3. The lowest BCUT2D eigenvalue weighted by Gasteiger charge is -2.32. The molecule has 1 atom stereocenters. The van der Waals surface area contributed by atoms with Crippen LogP contribution in [0.15, 0.2) is 72.8 Å². The maximum atomic E-state index is 13.0. The van der Waals surface area contributed by atoms with Gasteiger partial charge in [0.1, 0.15) is 5.60 Å². The van der Waals surface area contributed by atoms with Crippen molar-refractivity contribution in [3.8, 4) is 0 Å². The number of halogens is 1. The summed E-state index contributed by atoms with van der Waals surface area (Å²) < 4.78 is 0. The molecule has 0 saturated carbocycles. The number of anilines is 1. The monoisotopic (exact) mass is 391 g/mol. The average molecular weight is 392 g/mol. The van der Waals surface area contributed by atoms with Crippen LogP contribution >= 0.6 is 11.6 Å². The zero-order valence-electron chi connectivity index (χ0n) is 15.2. The van der Waals surface area contributed by atoms with Crippen LogP contribution in [0.1, 0.15) is 45.2 Å². The smallest absolute Gasteiger partial charge is 0.266 e. The fourth-order valence-electron chi connectivity index (χ4n) is 3.71. The van der Waals surface area contributed by atoms with Gasteiger partial charge in [0.2, 0.25) is 0 Å². The van der Waals surface area contributed by atoms with Crippen molar-refractivity contribution >= 4 is 29.1 Å². The summed E-state index contributed by atoms with van der Waals surface area (Å²) in [7, 11) is 0. The van der Waals surface area contributed by atoms with Crippen LogP contribution in [0.3, 0.4) is 0 Å². The van der Waals surface area contributed by atoms with E-state index in [1.54, 1.807) is 42.5 Å². The number of hydrogen-bond acceptors (Lipinski definition) is 3. The molecule has 28 heavy (non-hydrogen) atoms. The first-order valence-electron chi connectivity index (χ1n) is 9.03. The third-order valence-corrected chi connectivity index (χ3v) is 5.44. The Morgan fingerprint density at radius 1 is 0.893 bits per heavy atom. The second kappa shape index (κ2) is 6.89. The first-order chi connectivity index (χ1) is 13.5. The predicted octanol–water partition coefficient (Wildman–Crippen LogP) is 4.79. The van der Waals surface area contributed by atoms with Gasteiger partial charge in [0.05, 0.1) is 16.8 Å². The van der Waals surface area contributed by atoms with Crippen LogP contribution in [-0.4, -0.2) is 16.9 Å². The molecule has 0 fully saturated rings. The number of nitrogens with zero attached hydrogens (tertiary/aromatic N) is 1. The molecule has 1 aliphatic rings. The Balaban J connectivity index is 1.92. The Bertz CT molecular complexity index is 1050. The Morgan fingerprint density at radius 2 is 1.46 bits per heavy atom. The second-order valence-corrected chi connectivity index (χ2v) is 7.17. The topological polar surface area (TPSA) is 57.6 Å². The van der Waals surface area contributed by atoms with E-state index in [1.165, 1.54) is 0 Å². The van der Waals surface area contributed by atoms with Crippen molar-refractivity contribution in [1.29, 1.82) is 0 Å². The van der Waals surface area contributed by atoms with E-state index in [0.717, 1.165) is 4.90 Å². The van der Waals surface area contributed by atoms with E-state index in [4.69, 9.17) is 11.6 Å². The molecule has 1 heterocycles. The van der Waals surface area contributed by atoms with Gasteiger partial charge in [-0.25, -0.2) is 4.90 Å². The van der Waals surface area contributed by atoms with E-state index >= 15 is 0 Å². The van der Waals surface area contributed by atoms with E-state index in [2.05, 4.69) is 0 Å². The van der Waals surface area contributed by atoms with E-state index in [9.17, 15) is 14.7 Å². The van der Waals surface area contributed by atoms with Crippen molar-refractivity contribution in [1.82, 2.24) is 0 Å². The van der Waals surface area contributed by atoms with Crippen molar-refractivity contribution in [2.45, 2.75) is 18.9 Å². The number of rotatable bonds is 4. The highest BCUT2D eigenvalue weighted by atomic mass is 35.5. The number of aliphatic hydroxyl groups is 1. The SMILES string of the molecule is CCC(O)(c1ccccc1)c1cc(Cl)ccc1N1C(=O)c2ccccc2C1=O. The lowest BCUT2D eigenvalue weighted by Crippen LogP contribution is -2.34. The van der Waals surface area contributed by atoms with Gasteiger partial charge in [0.25, 0.3) is 11.8 Å². The van der Waals surface area contributed by atoms with Crippen molar-refractivity contribution in [2.75, 3.05) is 4.90 Å². The second-order valence-electron chi connectivity index (χ2n) is 6.73. The summed E-state index contributed by atoms with van der Waals surface area (Å²) in [5.74, 6) is -0.814. The zero-order chi connectivity index (χ0) is 19.9. The molecular weight excluding hydrogens is 374 g/mol. The summed E-state index contributed by atoms with van der Waals surface area (Å²) in [6, 6.07) is 20.7. The summed E-state index contributed by atoms with van der Waals surface area (Å²) in [6.07, 6.45) is 0.341. The van der Waals surface area contributed by atoms with Gasteiger partial charge < -0.3 is 5.11 Å². The lowest BCUT2D eigenvalue weighted by molar-refractivity contribution is 0.0765. The maximum Gasteiger partial charge on any atom is 0.266 e. The molecule has 0 saturated heterocycles. The van der Waals surface area contributed by atoms with Gasteiger partial charge in [-0.15, -0.1) is 0 Å². The van der Waals surface area contributed by atoms with Gasteiger partial charge in [-0.3, -0.25) is 9.59 Å². The van der Waals surface area contributed by atoms with Crippen molar-refractivity contribution in [2.24, 2.45) is 0 Å². The number of amides is 2.